The molecule has 0 spiro atoms. The van der Waals surface area contributed by atoms with Gasteiger partial charge < -0.3 is 10.5 Å². The van der Waals surface area contributed by atoms with Crippen LogP contribution in [-0.2, 0) is 16.1 Å². The molecule has 0 aliphatic heterocycles. The van der Waals surface area contributed by atoms with Gasteiger partial charge in [-0.2, -0.15) is 5.10 Å². The molecule has 0 saturated heterocycles. The predicted octanol–water partition coefficient (Wildman–Crippen LogP) is 3.79. The van der Waals surface area contributed by atoms with E-state index in [1.54, 1.807) is 22.9 Å². The maximum absolute atomic E-state index is 12.2. The molecule has 1 aromatic carbocycles. The van der Waals surface area contributed by atoms with E-state index in [2.05, 4.69) is 5.10 Å². The Balaban J connectivity index is 1.92. The summed E-state index contributed by atoms with van der Waals surface area (Å²) in [6, 6.07) is 6.98. The van der Waals surface area contributed by atoms with Gasteiger partial charge in [0.1, 0.15) is 9.71 Å². The van der Waals surface area contributed by atoms with E-state index in [9.17, 15) is 9.59 Å². The Kier molecular flexibility index (Phi) is 5.22. The Morgan fingerprint density at radius 3 is 2.73 bits per heavy atom. The number of aryl methyl sites for hydroxylation is 1. The lowest BCUT2D eigenvalue weighted by atomic mass is 10.2. The summed E-state index contributed by atoms with van der Waals surface area (Å²) in [5.41, 5.74) is 6.77. The number of hydrogen-bond donors (Lipinski definition) is 1. The molecule has 0 fully saturated rings. The number of halogens is 2. The van der Waals surface area contributed by atoms with Crippen molar-refractivity contribution in [2.75, 3.05) is 0 Å². The second-order valence-electron chi connectivity index (χ2n) is 5.76. The average molecular weight is 412 g/mol. The minimum atomic E-state index is -0.988. The molecule has 2 aromatic heterocycles. The highest BCUT2D eigenvalue weighted by Crippen LogP contribution is 2.30. The molecule has 1 amide bonds. The first kappa shape index (κ1) is 18.7. The number of benzene rings is 1. The number of esters is 1. The average Bonchev–Trinajstić information content (AvgIpc) is 3.12. The Morgan fingerprint density at radius 1 is 1.35 bits per heavy atom. The van der Waals surface area contributed by atoms with Crippen LogP contribution >= 0.6 is 34.5 Å². The van der Waals surface area contributed by atoms with Crippen LogP contribution in [0.2, 0.25) is 10.0 Å². The number of primary amides is 1. The van der Waals surface area contributed by atoms with Crippen molar-refractivity contribution in [2.45, 2.75) is 26.5 Å². The van der Waals surface area contributed by atoms with Crippen LogP contribution in [0.25, 0.3) is 10.2 Å². The largest absolute Gasteiger partial charge is 0.448 e. The summed E-state index contributed by atoms with van der Waals surface area (Å²) >= 11 is 13.4. The number of nitrogens with two attached hydrogens (primary N) is 1. The van der Waals surface area contributed by atoms with Gasteiger partial charge in [-0.15, -0.1) is 11.3 Å². The normalized spacial score (nSPS) is 12.3. The number of hydrogen-bond acceptors (Lipinski definition) is 5. The Labute approximate surface area is 163 Å². The number of thiophene rings is 1. The molecule has 0 aliphatic carbocycles. The third-order valence-electron chi connectivity index (χ3n) is 3.83. The first-order valence-electron chi connectivity index (χ1n) is 7.67. The molecule has 3 aromatic rings. The van der Waals surface area contributed by atoms with E-state index >= 15 is 0 Å². The smallest absolute Gasteiger partial charge is 0.349 e. The van der Waals surface area contributed by atoms with Crippen LogP contribution in [-0.4, -0.2) is 27.8 Å². The molecule has 6 nitrogen and oxygen atoms in total. The lowest BCUT2D eigenvalue weighted by Gasteiger charge is -2.08. The van der Waals surface area contributed by atoms with Gasteiger partial charge in [0.25, 0.3) is 5.91 Å². The molecule has 26 heavy (non-hydrogen) atoms. The third-order valence-corrected chi connectivity index (χ3v) is 5.54. The topological polar surface area (TPSA) is 87.2 Å². The van der Waals surface area contributed by atoms with E-state index in [0.29, 0.717) is 21.5 Å². The van der Waals surface area contributed by atoms with Crippen molar-refractivity contribution >= 4 is 56.6 Å². The third kappa shape index (κ3) is 3.70. The lowest BCUT2D eigenvalue weighted by molar-refractivity contribution is -0.125. The summed E-state index contributed by atoms with van der Waals surface area (Å²) in [6.45, 7) is 3.73. The fourth-order valence-electron chi connectivity index (χ4n) is 2.41. The Morgan fingerprint density at radius 2 is 2.08 bits per heavy atom. The molecule has 0 saturated carbocycles. The molecule has 0 unspecified atom stereocenters. The van der Waals surface area contributed by atoms with Crippen LogP contribution in [0.1, 0.15) is 27.9 Å². The van der Waals surface area contributed by atoms with Crippen LogP contribution in [0, 0.1) is 6.92 Å². The van der Waals surface area contributed by atoms with E-state index in [1.165, 1.54) is 18.3 Å². The van der Waals surface area contributed by atoms with Crippen molar-refractivity contribution in [1.29, 1.82) is 0 Å². The van der Waals surface area contributed by atoms with Crippen LogP contribution in [0.5, 0.6) is 0 Å². The lowest BCUT2D eigenvalue weighted by Crippen LogP contribution is -2.30. The van der Waals surface area contributed by atoms with Crippen LogP contribution in [0.3, 0.4) is 0 Å². The van der Waals surface area contributed by atoms with Gasteiger partial charge in [-0.3, -0.25) is 4.79 Å². The molecular weight excluding hydrogens is 397 g/mol. The maximum Gasteiger partial charge on any atom is 0.349 e. The molecule has 0 radical (unpaired) electrons. The SMILES string of the molecule is Cc1nn(Cc2ccc(Cl)cc2Cl)c2sc(C(=O)O[C@@H](C)C(N)=O)cc12. The zero-order valence-corrected chi connectivity index (χ0v) is 16.3. The van der Waals surface area contributed by atoms with Crippen molar-refractivity contribution in [1.82, 2.24) is 9.78 Å². The predicted molar refractivity (Wildman–Crippen MR) is 102 cm³/mol. The van der Waals surface area contributed by atoms with Gasteiger partial charge in [0.2, 0.25) is 0 Å². The second-order valence-corrected chi connectivity index (χ2v) is 7.63. The van der Waals surface area contributed by atoms with E-state index in [1.807, 2.05) is 13.0 Å². The van der Waals surface area contributed by atoms with E-state index < -0.39 is 18.0 Å². The molecule has 136 valence electrons. The second kappa shape index (κ2) is 7.26. The summed E-state index contributed by atoms with van der Waals surface area (Å²) in [6.07, 6.45) is -0.988. The quantitative estimate of drug-likeness (QED) is 0.646. The minimum absolute atomic E-state index is 0.379. The van der Waals surface area contributed by atoms with Gasteiger partial charge in [-0.25, -0.2) is 9.48 Å². The van der Waals surface area contributed by atoms with Gasteiger partial charge >= 0.3 is 5.97 Å². The first-order valence-corrected chi connectivity index (χ1v) is 9.24. The van der Waals surface area contributed by atoms with Crippen LogP contribution in [0.15, 0.2) is 24.3 Å². The first-order chi connectivity index (χ1) is 12.3. The van der Waals surface area contributed by atoms with Gasteiger partial charge in [-0.1, -0.05) is 29.3 Å². The summed E-state index contributed by atoms with van der Waals surface area (Å²) in [5.74, 6) is -1.29. The van der Waals surface area contributed by atoms with Gasteiger partial charge in [0.15, 0.2) is 6.10 Å². The highest BCUT2D eigenvalue weighted by molar-refractivity contribution is 7.20. The number of fused-ring (bicyclic) bond motifs is 1. The fourth-order valence-corrected chi connectivity index (χ4v) is 3.92. The van der Waals surface area contributed by atoms with Crippen molar-refractivity contribution in [3.05, 3.63) is 50.4 Å². The standard InChI is InChI=1S/C17H15Cl2N3O3S/c1-8-12-6-14(17(24)25-9(2)15(20)23)26-16(12)22(21-8)7-10-3-4-11(18)5-13(10)19/h3-6,9H,7H2,1-2H3,(H2,20,23)/t9-/m0/s1. The Hall–Kier alpha value is -2.09. The fraction of sp³-hybridized carbons (Fsp3) is 0.235. The Bertz CT molecular complexity index is 1010. The number of aromatic nitrogens is 2. The number of nitrogens with zero attached hydrogens (tertiary/aromatic N) is 2. The monoisotopic (exact) mass is 411 g/mol. The van der Waals surface area contributed by atoms with Crippen molar-refractivity contribution in [3.8, 4) is 0 Å². The van der Waals surface area contributed by atoms with E-state index in [0.717, 1.165) is 21.5 Å². The van der Waals surface area contributed by atoms with Crippen LogP contribution in [0.4, 0.5) is 0 Å². The molecule has 3 rings (SSSR count). The molecule has 2 N–H and O–H groups in total. The number of ether oxygens (including phenoxy) is 1. The molecule has 0 aliphatic rings. The van der Waals surface area contributed by atoms with E-state index in [-0.39, 0.29) is 0 Å². The maximum atomic E-state index is 12.2. The molecule has 9 heteroatoms. The number of amides is 1. The van der Waals surface area contributed by atoms with Crippen molar-refractivity contribution in [3.63, 3.8) is 0 Å². The van der Waals surface area contributed by atoms with Gasteiger partial charge in [-0.05, 0) is 37.6 Å². The molecule has 0 bridgehead atoms. The van der Waals surface area contributed by atoms with E-state index in [4.69, 9.17) is 33.7 Å². The minimum Gasteiger partial charge on any atom is -0.448 e. The summed E-state index contributed by atoms with van der Waals surface area (Å²) in [4.78, 5) is 24.5. The number of carbonyl (C=O) groups excluding carboxylic acids is 2. The number of carbonyl (C=O) groups is 2. The molecular formula is C17H15Cl2N3O3S. The summed E-state index contributed by atoms with van der Waals surface area (Å²) < 4.78 is 6.84. The zero-order chi connectivity index (χ0) is 19.0. The van der Waals surface area contributed by atoms with Crippen LogP contribution < -0.4 is 5.73 Å². The highest BCUT2D eigenvalue weighted by atomic mass is 35.5. The van der Waals surface area contributed by atoms with Crippen molar-refractivity contribution in [2.24, 2.45) is 5.73 Å². The summed E-state index contributed by atoms with van der Waals surface area (Å²) in [7, 11) is 0. The zero-order valence-electron chi connectivity index (χ0n) is 14.0. The highest BCUT2D eigenvalue weighted by Gasteiger charge is 2.21. The number of rotatable bonds is 5. The summed E-state index contributed by atoms with van der Waals surface area (Å²) in [5, 5.41) is 6.46. The molecule has 1 atom stereocenters. The van der Waals surface area contributed by atoms with Gasteiger partial charge in [0.05, 0.1) is 12.2 Å². The molecule has 2 heterocycles. The van der Waals surface area contributed by atoms with Crippen molar-refractivity contribution < 1.29 is 14.3 Å². The van der Waals surface area contributed by atoms with Gasteiger partial charge in [0, 0.05) is 15.4 Å².